The monoisotopic (exact) mass is 537 g/mol. The maximum Gasteiger partial charge on any atom is 0.494 e. The molecule has 1 aliphatic heterocycles. The number of fused-ring (bicyclic) bond motifs is 4. The number of nitrogens with zero attached hydrogens (tertiary/aromatic N) is 1. The molecular weight excluding hydrogens is 501 g/mol. The van der Waals surface area contributed by atoms with E-state index in [1.807, 2.05) is 0 Å². The summed E-state index contributed by atoms with van der Waals surface area (Å²) in [5.74, 6) is 0. The topological polar surface area (TPSA) is 21.7 Å². The van der Waals surface area contributed by atoms with E-state index in [0.717, 1.165) is 22.5 Å². The number of rotatable bonds is 4. The van der Waals surface area contributed by atoms with Crippen molar-refractivity contribution in [2.24, 2.45) is 0 Å². The van der Waals surface area contributed by atoms with Crippen LogP contribution in [0.5, 0.6) is 0 Å². The second-order valence-corrected chi connectivity index (χ2v) is 13.0. The first kappa shape index (κ1) is 26.1. The number of anilines is 3. The van der Waals surface area contributed by atoms with E-state index < -0.39 is 0 Å². The van der Waals surface area contributed by atoms with E-state index in [4.69, 9.17) is 9.31 Å². The molecule has 0 amide bonds. The van der Waals surface area contributed by atoms with Crippen molar-refractivity contribution < 1.29 is 9.31 Å². The second-order valence-electron chi connectivity index (χ2n) is 13.0. The van der Waals surface area contributed by atoms with Crippen LogP contribution in [0.25, 0.3) is 21.9 Å². The molecule has 0 bridgehead atoms. The predicted octanol–water partition coefficient (Wildman–Crippen LogP) is 8.92. The Morgan fingerprint density at radius 1 is 0.512 bits per heavy atom. The number of hydrogen-bond donors (Lipinski definition) is 0. The third-order valence-electron chi connectivity index (χ3n) is 9.47. The van der Waals surface area contributed by atoms with Gasteiger partial charge in [0.05, 0.1) is 11.2 Å². The minimum Gasteiger partial charge on any atom is -0.399 e. The Morgan fingerprint density at radius 2 is 1.07 bits per heavy atom. The van der Waals surface area contributed by atoms with E-state index >= 15 is 0 Å². The van der Waals surface area contributed by atoms with Crippen LogP contribution in [0, 0.1) is 0 Å². The molecule has 1 saturated heterocycles. The zero-order valence-corrected chi connectivity index (χ0v) is 24.7. The van der Waals surface area contributed by atoms with Gasteiger partial charge in [0.1, 0.15) is 0 Å². The molecular formula is C37H36BNO2. The normalized spacial score (nSPS) is 17.9. The lowest BCUT2D eigenvalue weighted by Gasteiger charge is -2.32. The third kappa shape index (κ3) is 4.12. The summed E-state index contributed by atoms with van der Waals surface area (Å²) in [7, 11) is -0.373. The summed E-state index contributed by atoms with van der Waals surface area (Å²) in [5, 5.41) is 2.47. The predicted molar refractivity (Wildman–Crippen MR) is 172 cm³/mol. The van der Waals surface area contributed by atoms with Gasteiger partial charge in [-0.15, -0.1) is 0 Å². The minimum absolute atomic E-state index is 0.175. The molecule has 3 nitrogen and oxygen atoms in total. The van der Waals surface area contributed by atoms with E-state index in [2.05, 4.69) is 156 Å². The van der Waals surface area contributed by atoms with E-state index in [1.165, 1.54) is 33.0 Å². The van der Waals surface area contributed by atoms with Crippen LogP contribution in [0.15, 0.2) is 109 Å². The zero-order chi connectivity index (χ0) is 28.6. The maximum atomic E-state index is 6.41. The quantitative estimate of drug-likeness (QED) is 0.214. The van der Waals surface area contributed by atoms with E-state index in [1.54, 1.807) is 0 Å². The van der Waals surface area contributed by atoms with Gasteiger partial charge in [-0.25, -0.2) is 0 Å². The first-order valence-corrected chi connectivity index (χ1v) is 14.5. The van der Waals surface area contributed by atoms with E-state index in [-0.39, 0.29) is 23.7 Å². The van der Waals surface area contributed by atoms with Crippen LogP contribution in [-0.2, 0) is 14.7 Å². The van der Waals surface area contributed by atoms with Gasteiger partial charge in [0.2, 0.25) is 0 Å². The highest BCUT2D eigenvalue weighted by Gasteiger charge is 2.52. The summed E-state index contributed by atoms with van der Waals surface area (Å²) in [4.78, 5) is 2.36. The van der Waals surface area contributed by atoms with Crippen LogP contribution in [-0.4, -0.2) is 18.3 Å². The minimum atomic E-state index is -0.373. The Morgan fingerprint density at radius 3 is 1.78 bits per heavy atom. The van der Waals surface area contributed by atoms with Crippen LogP contribution in [0.3, 0.4) is 0 Å². The van der Waals surface area contributed by atoms with Crippen molar-refractivity contribution in [2.45, 2.75) is 58.2 Å². The molecule has 1 fully saturated rings. The molecule has 0 N–H and O–H groups in total. The van der Waals surface area contributed by atoms with Gasteiger partial charge in [0.15, 0.2) is 0 Å². The molecule has 204 valence electrons. The van der Waals surface area contributed by atoms with Crippen molar-refractivity contribution in [1.29, 1.82) is 0 Å². The average Bonchev–Trinajstić information content (AvgIpc) is 3.32. The van der Waals surface area contributed by atoms with Gasteiger partial charge < -0.3 is 14.2 Å². The Kier molecular flexibility index (Phi) is 5.77. The largest absolute Gasteiger partial charge is 0.494 e. The molecule has 0 spiro atoms. The Hall–Kier alpha value is -3.86. The standard InChI is InChI=1S/C37H36BNO2/c1-35(2)33-23-27(38-40-36(3,4)37(5,6)41-38)17-20-31(33)32-21-19-30(24-34(32)35)39(28-14-8-7-9-15-28)29-18-16-25-12-10-11-13-26(25)22-29/h7-24H,1-6H3. The van der Waals surface area contributed by atoms with Gasteiger partial charge in [0.25, 0.3) is 0 Å². The second kappa shape index (κ2) is 9.07. The molecule has 4 heteroatoms. The van der Waals surface area contributed by atoms with Gasteiger partial charge in [-0.2, -0.15) is 0 Å². The van der Waals surface area contributed by atoms with Gasteiger partial charge in [-0.3, -0.25) is 0 Å². The summed E-state index contributed by atoms with van der Waals surface area (Å²) in [6, 6.07) is 39.6. The molecule has 0 unspecified atom stereocenters. The van der Waals surface area contributed by atoms with Crippen molar-refractivity contribution in [3.8, 4) is 11.1 Å². The molecule has 0 saturated carbocycles. The molecule has 41 heavy (non-hydrogen) atoms. The smallest absolute Gasteiger partial charge is 0.399 e. The molecule has 1 aliphatic carbocycles. The molecule has 1 heterocycles. The van der Waals surface area contributed by atoms with Gasteiger partial charge in [-0.1, -0.05) is 86.6 Å². The van der Waals surface area contributed by atoms with Crippen molar-refractivity contribution in [3.05, 3.63) is 120 Å². The first-order valence-electron chi connectivity index (χ1n) is 14.5. The summed E-state index contributed by atoms with van der Waals surface area (Å²) in [6.07, 6.45) is 0. The number of hydrogen-bond acceptors (Lipinski definition) is 3. The van der Waals surface area contributed by atoms with Gasteiger partial charge in [-0.05, 0) is 103 Å². The molecule has 0 aromatic heterocycles. The molecule has 0 radical (unpaired) electrons. The van der Waals surface area contributed by atoms with Crippen LogP contribution in [0.2, 0.25) is 0 Å². The lowest BCUT2D eigenvalue weighted by molar-refractivity contribution is 0.00578. The van der Waals surface area contributed by atoms with Crippen molar-refractivity contribution in [1.82, 2.24) is 0 Å². The zero-order valence-electron chi connectivity index (χ0n) is 24.7. The highest BCUT2D eigenvalue weighted by atomic mass is 16.7. The fraction of sp³-hybridized carbons (Fsp3) is 0.243. The van der Waals surface area contributed by atoms with E-state index in [9.17, 15) is 0 Å². The lowest BCUT2D eigenvalue weighted by atomic mass is 9.74. The van der Waals surface area contributed by atoms with Crippen LogP contribution in [0.4, 0.5) is 17.1 Å². The number of benzene rings is 5. The third-order valence-corrected chi connectivity index (χ3v) is 9.47. The molecule has 5 aromatic carbocycles. The van der Waals surface area contributed by atoms with E-state index in [0.29, 0.717) is 0 Å². The summed E-state index contributed by atoms with van der Waals surface area (Å²) >= 11 is 0. The average molecular weight is 538 g/mol. The Balaban J connectivity index is 1.31. The molecule has 5 aromatic rings. The Labute approximate surface area is 243 Å². The van der Waals surface area contributed by atoms with Crippen LogP contribution < -0.4 is 10.4 Å². The van der Waals surface area contributed by atoms with Crippen molar-refractivity contribution in [2.75, 3.05) is 4.90 Å². The first-order chi connectivity index (χ1) is 19.5. The van der Waals surface area contributed by atoms with Crippen LogP contribution >= 0.6 is 0 Å². The SMILES string of the molecule is CC1(C)c2cc(B3OC(C)(C)C(C)(C)O3)ccc2-c2ccc(N(c3ccccc3)c3ccc4ccccc4c3)cc21. The highest BCUT2D eigenvalue weighted by molar-refractivity contribution is 6.62. The maximum absolute atomic E-state index is 6.41. The van der Waals surface area contributed by atoms with Gasteiger partial charge in [0, 0.05) is 22.5 Å². The van der Waals surface area contributed by atoms with Crippen LogP contribution in [0.1, 0.15) is 52.7 Å². The Bertz CT molecular complexity index is 1770. The molecule has 7 rings (SSSR count). The lowest BCUT2D eigenvalue weighted by Crippen LogP contribution is -2.41. The summed E-state index contributed by atoms with van der Waals surface area (Å²) in [5.41, 5.74) is 8.82. The van der Waals surface area contributed by atoms with Gasteiger partial charge >= 0.3 is 7.12 Å². The fourth-order valence-corrected chi connectivity index (χ4v) is 6.35. The molecule has 0 atom stereocenters. The molecule has 2 aliphatic rings. The fourth-order valence-electron chi connectivity index (χ4n) is 6.35. The highest BCUT2D eigenvalue weighted by Crippen LogP contribution is 2.50. The summed E-state index contributed by atoms with van der Waals surface area (Å²) in [6.45, 7) is 13.1. The number of para-hydroxylation sites is 1. The van der Waals surface area contributed by atoms with Crippen molar-refractivity contribution in [3.63, 3.8) is 0 Å². The summed E-state index contributed by atoms with van der Waals surface area (Å²) < 4.78 is 12.8. The van der Waals surface area contributed by atoms with Crippen molar-refractivity contribution >= 4 is 40.4 Å².